The Kier molecular flexibility index (Phi) is 16.6. The number of carbonyl (C=O) groups is 1. The first-order chi connectivity index (χ1) is 27.7. The van der Waals surface area contributed by atoms with E-state index in [0.29, 0.717) is 11.1 Å². The Balaban J connectivity index is 0.000000256. The van der Waals surface area contributed by atoms with Gasteiger partial charge < -0.3 is 24.8 Å². The van der Waals surface area contributed by atoms with Gasteiger partial charge in [-0.2, -0.15) is 15.3 Å². The van der Waals surface area contributed by atoms with Crippen molar-refractivity contribution in [3.8, 4) is 11.5 Å². The summed E-state index contributed by atoms with van der Waals surface area (Å²) >= 11 is 0. The number of hydrazone groups is 1. The number of hydrogen-bond acceptors (Lipinski definition) is 11. The molecule has 3 N–H and O–H groups in total. The molecule has 1 amide bonds. The Bertz CT molecular complexity index is 2710. The maximum absolute atomic E-state index is 12.6. The van der Waals surface area contributed by atoms with Crippen LogP contribution < -0.4 is 10.5 Å². The summed E-state index contributed by atoms with van der Waals surface area (Å²) in [7, 11) is -7.81. The Morgan fingerprint density at radius 3 is 1.47 bits per heavy atom. The van der Waals surface area contributed by atoms with E-state index in [1.54, 1.807) is 84.9 Å². The normalized spacial score (nSPS) is 11.6. The van der Waals surface area contributed by atoms with E-state index in [2.05, 4.69) is 30.2 Å². The minimum atomic E-state index is -3.91. The van der Waals surface area contributed by atoms with Crippen LogP contribution in [-0.2, 0) is 20.0 Å². The molecule has 0 unspecified atom stereocenters. The fraction of sp³-hybridized carbons (Fsp3) is 0.0476. The molecule has 6 aromatic rings. The number of para-hydroxylation sites is 2. The number of sulfonamides is 2. The maximum Gasteiger partial charge on any atom is 3.00 e. The summed E-state index contributed by atoms with van der Waals surface area (Å²) in [5.41, 5.74) is 5.40. The van der Waals surface area contributed by atoms with E-state index >= 15 is 0 Å². The molecule has 0 aliphatic rings. The van der Waals surface area contributed by atoms with Crippen molar-refractivity contribution in [1.29, 1.82) is 0 Å². The molecule has 17 heteroatoms. The molecule has 59 heavy (non-hydrogen) atoms. The monoisotopic (exact) mass is 968 g/mol. The predicted octanol–water partition coefficient (Wildman–Crippen LogP) is 7.09. The molecule has 6 aromatic carbocycles. The third kappa shape index (κ3) is 13.1. The van der Waals surface area contributed by atoms with Crippen LogP contribution in [0.2, 0.25) is 0 Å². The summed E-state index contributed by atoms with van der Waals surface area (Å²) in [6.45, 7) is 3.72. The SMILES string of the molecule is Cc1ccc(S(=O)(=O)[N-]c2ccccc2/C=N/N=C(\[O-])c2ccccc2O)cc1.Cc1ccc(S(=O)(=O)[N-]c2ccccc2/C=N/NC(=O)c2ccccc2O)cc1.[Eu+3]. The van der Waals surface area contributed by atoms with Gasteiger partial charge in [0.2, 0.25) is 0 Å². The minimum absolute atomic E-state index is 0. The van der Waals surface area contributed by atoms with Gasteiger partial charge in [-0.3, -0.25) is 4.79 Å². The molecule has 300 valence electrons. The number of phenolic OH excluding ortho intramolecular Hbond substituents is 2. The van der Waals surface area contributed by atoms with Gasteiger partial charge in [0.25, 0.3) is 5.91 Å². The zero-order chi connectivity index (χ0) is 41.7. The van der Waals surface area contributed by atoms with Gasteiger partial charge in [0.15, 0.2) is 0 Å². The third-order valence-electron chi connectivity index (χ3n) is 7.95. The van der Waals surface area contributed by atoms with E-state index in [1.807, 2.05) is 13.8 Å². The number of aromatic hydroxyl groups is 2. The average molecular weight is 968 g/mol. The zero-order valence-electron chi connectivity index (χ0n) is 31.3. The number of nitrogens with zero attached hydrogens (tertiary/aromatic N) is 5. The van der Waals surface area contributed by atoms with Crippen LogP contribution in [0, 0.1) is 63.2 Å². The van der Waals surface area contributed by atoms with E-state index in [9.17, 15) is 36.9 Å². The first-order valence-electron chi connectivity index (χ1n) is 17.2. The van der Waals surface area contributed by atoms with Crippen molar-refractivity contribution in [2.24, 2.45) is 15.3 Å². The van der Waals surface area contributed by atoms with Crippen LogP contribution in [-0.4, -0.2) is 51.3 Å². The summed E-state index contributed by atoms with van der Waals surface area (Å²) < 4.78 is 58.0. The van der Waals surface area contributed by atoms with Gasteiger partial charge in [0.05, 0.1) is 27.8 Å². The van der Waals surface area contributed by atoms with Crippen LogP contribution in [0.5, 0.6) is 11.5 Å². The number of carbonyl (C=O) groups excluding carboxylic acids is 1. The number of nitrogens with one attached hydrogen (secondary N) is 1. The van der Waals surface area contributed by atoms with Crippen molar-refractivity contribution < 1.29 is 86.3 Å². The smallest absolute Gasteiger partial charge is 0.857 e. The molecule has 14 nitrogen and oxygen atoms in total. The molecule has 0 heterocycles. The molecule has 0 spiro atoms. The van der Waals surface area contributed by atoms with E-state index in [1.165, 1.54) is 73.1 Å². The van der Waals surface area contributed by atoms with Gasteiger partial charge in [-0.25, -0.2) is 22.3 Å². The van der Waals surface area contributed by atoms with Crippen LogP contribution in [0.4, 0.5) is 11.4 Å². The fourth-order valence-corrected chi connectivity index (χ4v) is 6.90. The zero-order valence-corrected chi connectivity index (χ0v) is 35.3. The Labute approximate surface area is 382 Å². The van der Waals surface area contributed by atoms with Gasteiger partial charge >= 0.3 is 49.4 Å². The molecule has 0 aliphatic heterocycles. The Morgan fingerprint density at radius 2 is 1.00 bits per heavy atom. The summed E-state index contributed by atoms with van der Waals surface area (Å²) in [6.07, 6.45) is 2.53. The van der Waals surface area contributed by atoms with E-state index in [4.69, 9.17) is 0 Å². The van der Waals surface area contributed by atoms with Crippen molar-refractivity contribution in [3.63, 3.8) is 0 Å². The van der Waals surface area contributed by atoms with E-state index in [0.717, 1.165) is 11.1 Å². The van der Waals surface area contributed by atoms with Crippen molar-refractivity contribution in [2.45, 2.75) is 23.6 Å². The van der Waals surface area contributed by atoms with Crippen molar-refractivity contribution in [1.82, 2.24) is 5.43 Å². The van der Waals surface area contributed by atoms with Crippen LogP contribution in [0.3, 0.4) is 0 Å². The molecule has 0 saturated heterocycles. The molecule has 0 radical (unpaired) electrons. The molecular weight excluding hydrogens is 933 g/mol. The first-order valence-corrected chi connectivity index (χ1v) is 20.1. The molecule has 0 bridgehead atoms. The number of phenols is 2. The molecule has 0 fully saturated rings. The van der Waals surface area contributed by atoms with Crippen LogP contribution in [0.1, 0.15) is 38.2 Å². The van der Waals surface area contributed by atoms with Gasteiger partial charge in [-0.1, -0.05) is 114 Å². The second kappa shape index (κ2) is 21.3. The molecule has 6 rings (SSSR count). The molecule has 0 atom stereocenters. The third-order valence-corrected chi connectivity index (χ3v) is 10.6. The fourth-order valence-electron chi connectivity index (χ4n) is 4.88. The van der Waals surface area contributed by atoms with Gasteiger partial charge in [0.1, 0.15) is 31.5 Å². The Morgan fingerprint density at radius 1 is 0.593 bits per heavy atom. The summed E-state index contributed by atoms with van der Waals surface area (Å²) in [4.78, 5) is 12.2. The van der Waals surface area contributed by atoms with Crippen LogP contribution in [0.25, 0.3) is 9.44 Å². The summed E-state index contributed by atoms with van der Waals surface area (Å²) in [5.74, 6) is -1.68. The van der Waals surface area contributed by atoms with Crippen molar-refractivity contribution >= 4 is 55.7 Å². The molecular formula is C42H35EuN6O8S2. The topological polar surface area (TPSA) is 226 Å². The first kappa shape index (κ1) is 46.0. The number of hydrogen-bond donors (Lipinski definition) is 3. The van der Waals surface area contributed by atoms with Gasteiger partial charge in [0, 0.05) is 11.5 Å². The summed E-state index contributed by atoms with van der Waals surface area (Å²) in [5, 5.41) is 42.5. The standard InChI is InChI=1S/C21H19N3O4S.C21H18N3O4S.Eu/c2*1-15-10-12-17(13-11-15)29(27,28)24-19-8-4-2-6-16(19)14-22-23-21(26)18-7-3-5-9-20(18)25;/h2-14H,1H3,(H3,22,23,24,25,26);2-14H,1H3,(H2-,22,23,24,25,26);/q;-1;+3/p-2. The minimum Gasteiger partial charge on any atom is -0.857 e. The van der Waals surface area contributed by atoms with Crippen LogP contribution in [0.15, 0.2) is 171 Å². The van der Waals surface area contributed by atoms with Gasteiger partial charge in [-0.05, 0) is 67.4 Å². The second-order valence-corrected chi connectivity index (χ2v) is 15.5. The predicted molar refractivity (Wildman–Crippen MR) is 221 cm³/mol. The van der Waals surface area contributed by atoms with Crippen LogP contribution >= 0.6 is 0 Å². The number of rotatable bonds is 12. The number of benzene rings is 6. The second-order valence-electron chi connectivity index (χ2n) is 12.3. The summed E-state index contributed by atoms with van der Waals surface area (Å²) in [6, 6.07) is 37.8. The molecule has 0 aromatic heterocycles. The number of aryl methyl sites for hydroxylation is 2. The molecule has 0 saturated carbocycles. The Hall–Kier alpha value is -5.72. The number of amides is 1. The average Bonchev–Trinajstić information content (AvgIpc) is 3.20. The van der Waals surface area contributed by atoms with E-state index < -0.39 is 31.9 Å². The largest absolute Gasteiger partial charge is 3.00 e. The maximum atomic E-state index is 12.6. The van der Waals surface area contributed by atoms with Crippen molar-refractivity contribution in [2.75, 3.05) is 0 Å². The molecule has 0 aliphatic carbocycles. The quantitative estimate of drug-likeness (QED) is 0.0650. The van der Waals surface area contributed by atoms with E-state index in [-0.39, 0.29) is 93.2 Å². The van der Waals surface area contributed by atoms with Gasteiger partial charge in [-0.15, -0.1) is 11.4 Å². The van der Waals surface area contributed by atoms with Crippen molar-refractivity contribution in [3.05, 3.63) is 188 Å².